The van der Waals surface area contributed by atoms with Crippen LogP contribution in [0.25, 0.3) is 0 Å². The van der Waals surface area contributed by atoms with Crippen LogP contribution in [0, 0.1) is 45.3 Å². The highest BCUT2D eigenvalue weighted by Gasteiger charge is 2.72. The van der Waals surface area contributed by atoms with E-state index in [1.54, 1.807) is 13.8 Å². The molecule has 0 aliphatic heterocycles. The van der Waals surface area contributed by atoms with Gasteiger partial charge in [-0.2, -0.15) is 0 Å². The maximum Gasteiger partial charge on any atom is 0.334 e. The second-order valence-electron chi connectivity index (χ2n) is 17.4. The zero-order chi connectivity index (χ0) is 38.2. The highest BCUT2D eigenvalue weighted by Crippen LogP contribution is 2.76. The lowest BCUT2D eigenvalue weighted by atomic mass is 9.35. The van der Waals surface area contributed by atoms with Crippen molar-refractivity contribution in [1.29, 1.82) is 0 Å². The third kappa shape index (κ3) is 7.56. The van der Waals surface area contributed by atoms with Crippen molar-refractivity contribution in [2.24, 2.45) is 45.3 Å². The Labute approximate surface area is 305 Å². The summed E-state index contributed by atoms with van der Waals surface area (Å²) in [7, 11) is 0. The van der Waals surface area contributed by atoms with Crippen molar-refractivity contribution in [1.82, 2.24) is 5.32 Å². The van der Waals surface area contributed by atoms with Gasteiger partial charge in [0.2, 0.25) is 6.04 Å². The summed E-state index contributed by atoms with van der Waals surface area (Å²) >= 11 is 0. The summed E-state index contributed by atoms with van der Waals surface area (Å²) in [6, 6.07) is -1.24. The zero-order valence-corrected chi connectivity index (χ0v) is 33.1. The Kier molecular flexibility index (Phi) is 12.4. The van der Waals surface area contributed by atoms with E-state index in [2.05, 4.69) is 39.9 Å². The molecule has 0 spiro atoms. The highest BCUT2D eigenvalue weighted by molar-refractivity contribution is 5.99. The monoisotopic (exact) mass is 719 g/mol. The van der Waals surface area contributed by atoms with Crippen molar-refractivity contribution in [3.05, 3.63) is 0 Å². The van der Waals surface area contributed by atoms with Gasteiger partial charge in [-0.05, 0) is 113 Å². The van der Waals surface area contributed by atoms with Crippen LogP contribution in [-0.4, -0.2) is 73.5 Å². The molecule has 4 saturated carbocycles. The van der Waals surface area contributed by atoms with Gasteiger partial charge in [-0.15, -0.1) is 0 Å². The number of ether oxygens (including phenoxy) is 5. The van der Waals surface area contributed by atoms with E-state index in [-0.39, 0.29) is 82.7 Å². The molecule has 0 amide bonds. The summed E-state index contributed by atoms with van der Waals surface area (Å²) in [4.78, 5) is 62.8. The molecule has 1 N–H and O–H groups in total. The van der Waals surface area contributed by atoms with Gasteiger partial charge in [-0.1, -0.05) is 34.6 Å². The summed E-state index contributed by atoms with van der Waals surface area (Å²) in [5.41, 5.74) is -1.40. The molecule has 0 heterocycles. The summed E-state index contributed by atoms with van der Waals surface area (Å²) in [6.07, 6.45) is 6.73. The Morgan fingerprint density at radius 1 is 0.765 bits per heavy atom. The molecule has 51 heavy (non-hydrogen) atoms. The summed E-state index contributed by atoms with van der Waals surface area (Å²) in [5.74, 6) is -1.81. The Morgan fingerprint density at radius 2 is 1.35 bits per heavy atom. The first-order valence-corrected chi connectivity index (χ1v) is 19.3. The molecule has 0 bridgehead atoms. The van der Waals surface area contributed by atoms with Crippen molar-refractivity contribution in [3.63, 3.8) is 0 Å². The Balaban J connectivity index is 1.64. The molecule has 11 nitrogen and oxygen atoms in total. The molecule has 0 aromatic rings. The fraction of sp³-hybridized carbons (Fsp3) is 0.875. The number of carbonyl (C=O) groups is 5. The van der Waals surface area contributed by atoms with Crippen LogP contribution >= 0.6 is 0 Å². The normalized spacial score (nSPS) is 36.4. The predicted molar refractivity (Wildman–Crippen MR) is 190 cm³/mol. The molecule has 4 aliphatic carbocycles. The first kappa shape index (κ1) is 41.1. The van der Waals surface area contributed by atoms with Gasteiger partial charge >= 0.3 is 29.8 Å². The van der Waals surface area contributed by atoms with Crippen molar-refractivity contribution in [2.45, 2.75) is 158 Å². The number of esters is 5. The van der Waals surface area contributed by atoms with Crippen LogP contribution in [0.5, 0.6) is 0 Å². The SMILES string of the molecule is CCOC(=O)C(NCCCC(C)(OC(C)=O)C1CC[C@]2(C)[C@@H]1C(OC(C)=O)CC1[C@@]3(C)CC[C@H](OC(C)=O)C(C)(C)C3CC[C@]12C)C(=O)OCC. The van der Waals surface area contributed by atoms with Gasteiger partial charge in [0.15, 0.2) is 0 Å². The predicted octanol–water partition coefficient (Wildman–Crippen LogP) is 6.33. The number of fused-ring (bicyclic) bond motifs is 5. The van der Waals surface area contributed by atoms with Crippen LogP contribution in [0.3, 0.4) is 0 Å². The molecule has 5 unspecified atom stereocenters. The van der Waals surface area contributed by atoms with Gasteiger partial charge in [0, 0.05) is 38.0 Å². The third-order valence-electron chi connectivity index (χ3n) is 14.3. The molecule has 4 fully saturated rings. The third-order valence-corrected chi connectivity index (χ3v) is 14.3. The van der Waals surface area contributed by atoms with E-state index in [0.29, 0.717) is 25.3 Å². The molecule has 290 valence electrons. The maximum absolute atomic E-state index is 12.8. The maximum atomic E-state index is 12.8. The standard InChI is InChI=1S/C40H65NO10/c1-12-47-34(45)33(35(46)48-13-2)41-22-14-18-40(11,51-26(5)44)27-15-20-39(10)32(27)28(49-24(3)42)23-30-37(8)19-17-31(50-25(4)43)36(6,7)29(37)16-21-38(30,39)9/h27-33,41H,12-23H2,1-11H3/t27?,28?,29?,30?,31-,32-,37-,38+,39+,40?/m0/s1. The molecule has 0 radical (unpaired) electrons. The Hall–Kier alpha value is -2.69. The van der Waals surface area contributed by atoms with Gasteiger partial charge in [0.05, 0.1) is 13.2 Å². The molecule has 4 rings (SSSR count). The minimum Gasteiger partial charge on any atom is -0.464 e. The van der Waals surface area contributed by atoms with E-state index in [9.17, 15) is 24.0 Å². The van der Waals surface area contributed by atoms with Crippen LogP contribution in [0.15, 0.2) is 0 Å². The van der Waals surface area contributed by atoms with Crippen LogP contribution in [0.2, 0.25) is 0 Å². The fourth-order valence-electron chi connectivity index (χ4n) is 12.2. The van der Waals surface area contributed by atoms with Crippen molar-refractivity contribution in [3.8, 4) is 0 Å². The van der Waals surface area contributed by atoms with Crippen LogP contribution in [0.4, 0.5) is 0 Å². The lowest BCUT2D eigenvalue weighted by molar-refractivity contribution is -0.253. The molecule has 0 saturated heterocycles. The quantitative estimate of drug-likeness (QED) is 0.0987. The van der Waals surface area contributed by atoms with E-state index < -0.39 is 23.6 Å². The number of carbonyl (C=O) groups excluding carboxylic acids is 5. The highest BCUT2D eigenvalue weighted by atomic mass is 16.6. The Bertz CT molecular complexity index is 1310. The minimum atomic E-state index is -1.24. The van der Waals surface area contributed by atoms with E-state index in [1.807, 2.05) is 6.92 Å². The van der Waals surface area contributed by atoms with Crippen LogP contribution in [-0.2, 0) is 47.7 Å². The largest absolute Gasteiger partial charge is 0.464 e. The average molecular weight is 720 g/mol. The number of hydrogen-bond acceptors (Lipinski definition) is 11. The molecule has 0 aromatic carbocycles. The van der Waals surface area contributed by atoms with Crippen LogP contribution in [0.1, 0.15) is 134 Å². The number of hydrogen-bond donors (Lipinski definition) is 1. The van der Waals surface area contributed by atoms with E-state index in [1.165, 1.54) is 20.8 Å². The molecule has 0 aromatic heterocycles. The summed E-state index contributed by atoms with van der Waals surface area (Å²) < 4.78 is 28.7. The number of nitrogens with one attached hydrogen (secondary N) is 1. The molecular formula is C40H65NO10. The van der Waals surface area contributed by atoms with Gasteiger partial charge in [-0.3, -0.25) is 19.7 Å². The first-order chi connectivity index (χ1) is 23.7. The second-order valence-corrected chi connectivity index (χ2v) is 17.4. The average Bonchev–Trinajstić information content (AvgIpc) is 3.39. The number of rotatable bonds is 13. The van der Waals surface area contributed by atoms with E-state index in [0.717, 1.165) is 44.9 Å². The molecule has 11 heteroatoms. The zero-order valence-electron chi connectivity index (χ0n) is 33.1. The first-order valence-electron chi connectivity index (χ1n) is 19.3. The van der Waals surface area contributed by atoms with E-state index >= 15 is 0 Å². The summed E-state index contributed by atoms with van der Waals surface area (Å²) in [5, 5.41) is 3.01. The van der Waals surface area contributed by atoms with Gasteiger partial charge in [0.25, 0.3) is 0 Å². The van der Waals surface area contributed by atoms with Gasteiger partial charge in [0.1, 0.15) is 17.8 Å². The molecule has 4 aliphatic rings. The lowest BCUT2D eigenvalue weighted by Gasteiger charge is -2.70. The lowest BCUT2D eigenvalue weighted by Crippen LogP contribution is -2.67. The smallest absolute Gasteiger partial charge is 0.334 e. The summed E-state index contributed by atoms with van der Waals surface area (Å²) in [6.45, 7) is 22.1. The minimum absolute atomic E-state index is 0.0442. The van der Waals surface area contributed by atoms with Gasteiger partial charge < -0.3 is 23.7 Å². The molecular weight excluding hydrogens is 654 g/mol. The Morgan fingerprint density at radius 3 is 1.90 bits per heavy atom. The second kappa shape index (κ2) is 15.3. The fourth-order valence-corrected chi connectivity index (χ4v) is 12.2. The van der Waals surface area contributed by atoms with E-state index in [4.69, 9.17) is 23.7 Å². The van der Waals surface area contributed by atoms with Crippen LogP contribution < -0.4 is 5.32 Å². The topological polar surface area (TPSA) is 144 Å². The van der Waals surface area contributed by atoms with Crippen molar-refractivity contribution >= 4 is 29.8 Å². The molecule has 10 atom stereocenters. The van der Waals surface area contributed by atoms with Crippen molar-refractivity contribution in [2.75, 3.05) is 19.8 Å². The van der Waals surface area contributed by atoms with Gasteiger partial charge in [-0.25, -0.2) is 9.59 Å². The van der Waals surface area contributed by atoms with Crippen molar-refractivity contribution < 1.29 is 47.7 Å².